The highest BCUT2D eigenvalue weighted by Crippen LogP contribution is 2.27. The average molecular weight is 331 g/mol. The minimum Gasteiger partial charge on any atom is -0.316 e. The maximum atomic E-state index is 12.7. The molecule has 0 spiro atoms. The molecule has 0 amide bonds. The molecule has 0 aromatic heterocycles. The monoisotopic (exact) mass is 330 g/mol. The largest absolute Gasteiger partial charge is 0.316 e. The predicted molar refractivity (Wildman–Crippen MR) is 86.6 cm³/mol. The molecule has 0 bridgehead atoms. The number of aryl methyl sites for hydroxylation is 2. The molecule has 21 heavy (non-hydrogen) atoms. The van der Waals surface area contributed by atoms with Crippen molar-refractivity contribution in [2.75, 3.05) is 20.1 Å². The highest BCUT2D eigenvalue weighted by molar-refractivity contribution is 7.89. The van der Waals surface area contributed by atoms with Gasteiger partial charge in [0.05, 0.1) is 4.90 Å². The number of nitrogens with one attached hydrogen (secondary N) is 1. The average Bonchev–Trinajstić information content (AvgIpc) is 2.94. The van der Waals surface area contributed by atoms with E-state index in [0.717, 1.165) is 32.1 Å². The molecule has 1 unspecified atom stereocenters. The molecule has 0 radical (unpaired) electrons. The van der Waals surface area contributed by atoms with Crippen LogP contribution in [0.5, 0.6) is 0 Å². The molecule has 1 heterocycles. The van der Waals surface area contributed by atoms with Gasteiger partial charge in [-0.05, 0) is 62.4 Å². The molecule has 6 heteroatoms. The summed E-state index contributed by atoms with van der Waals surface area (Å²) in [5.41, 5.74) is 2.53. The van der Waals surface area contributed by atoms with Crippen molar-refractivity contribution in [2.24, 2.45) is 0 Å². The van der Waals surface area contributed by atoms with Crippen LogP contribution in [0.15, 0.2) is 23.1 Å². The topological polar surface area (TPSA) is 49.4 Å². The van der Waals surface area contributed by atoms with Gasteiger partial charge in [0.25, 0.3) is 0 Å². The van der Waals surface area contributed by atoms with Gasteiger partial charge in [0, 0.05) is 19.1 Å². The molecule has 1 saturated heterocycles. The Balaban J connectivity index is 0.00000161. The molecule has 118 valence electrons. The first-order chi connectivity index (χ1) is 9.61. The Hall–Kier alpha value is -0.620. The number of hydrogen-bond donors (Lipinski definition) is 1. The van der Waals surface area contributed by atoms with Crippen LogP contribution in [0, 0.1) is 0 Å². The standard InChI is InChI=1S/C15H22N2O2S.ClH/c1-16-14-6-3-9-17(11-14)20(18,19)15-8-7-12-4-2-5-13(12)10-15;/h7-8,10,14,16H,2-6,9,11H2,1H3;1H. The van der Waals surface area contributed by atoms with Gasteiger partial charge in [0.2, 0.25) is 10.0 Å². The van der Waals surface area contributed by atoms with Crippen molar-refractivity contribution < 1.29 is 8.42 Å². The van der Waals surface area contributed by atoms with Gasteiger partial charge in [-0.2, -0.15) is 4.31 Å². The molecule has 1 aromatic carbocycles. The summed E-state index contributed by atoms with van der Waals surface area (Å²) in [5.74, 6) is 0. The van der Waals surface area contributed by atoms with Crippen molar-refractivity contribution in [3.63, 3.8) is 0 Å². The minimum absolute atomic E-state index is 0. The number of piperidine rings is 1. The molecule has 0 saturated carbocycles. The third-order valence-corrected chi connectivity index (χ3v) is 6.36. The number of sulfonamides is 1. The Kier molecular flexibility index (Phi) is 5.30. The van der Waals surface area contributed by atoms with Gasteiger partial charge in [-0.1, -0.05) is 6.07 Å². The first kappa shape index (κ1) is 16.7. The first-order valence-corrected chi connectivity index (χ1v) is 8.84. The number of likely N-dealkylation sites (N-methyl/N-ethyl adjacent to an activating group) is 1. The van der Waals surface area contributed by atoms with Crippen molar-refractivity contribution in [3.05, 3.63) is 29.3 Å². The fourth-order valence-electron chi connectivity index (χ4n) is 3.25. The van der Waals surface area contributed by atoms with Crippen LogP contribution in [-0.2, 0) is 22.9 Å². The van der Waals surface area contributed by atoms with Crippen molar-refractivity contribution in [2.45, 2.75) is 43.0 Å². The Labute approximate surface area is 133 Å². The Morgan fingerprint density at radius 2 is 1.95 bits per heavy atom. The molecule has 1 fully saturated rings. The third-order valence-electron chi connectivity index (χ3n) is 4.50. The SMILES string of the molecule is CNC1CCCN(S(=O)(=O)c2ccc3c(c2)CCC3)C1.Cl. The van der Waals surface area contributed by atoms with E-state index >= 15 is 0 Å². The third kappa shape index (κ3) is 3.26. The second-order valence-electron chi connectivity index (χ2n) is 5.77. The zero-order valence-corrected chi connectivity index (χ0v) is 14.0. The highest BCUT2D eigenvalue weighted by Gasteiger charge is 2.30. The summed E-state index contributed by atoms with van der Waals surface area (Å²) >= 11 is 0. The molecule has 3 rings (SSSR count). The molecule has 2 aliphatic rings. The minimum atomic E-state index is -3.33. The molecule has 1 atom stereocenters. The zero-order chi connectivity index (χ0) is 14.2. The highest BCUT2D eigenvalue weighted by atomic mass is 35.5. The van der Waals surface area contributed by atoms with Crippen LogP contribution < -0.4 is 5.32 Å². The summed E-state index contributed by atoms with van der Waals surface area (Å²) in [6, 6.07) is 5.94. The molecule has 1 N–H and O–H groups in total. The number of nitrogens with zero attached hydrogens (tertiary/aromatic N) is 1. The van der Waals surface area contributed by atoms with E-state index in [-0.39, 0.29) is 18.4 Å². The van der Waals surface area contributed by atoms with Crippen molar-refractivity contribution in [1.82, 2.24) is 9.62 Å². The normalized spacial score (nSPS) is 22.6. The molecule has 1 aliphatic heterocycles. The van der Waals surface area contributed by atoms with Gasteiger partial charge in [-0.25, -0.2) is 8.42 Å². The van der Waals surface area contributed by atoms with Gasteiger partial charge in [0.1, 0.15) is 0 Å². The van der Waals surface area contributed by atoms with Crippen LogP contribution in [0.1, 0.15) is 30.4 Å². The lowest BCUT2D eigenvalue weighted by Gasteiger charge is -2.31. The van der Waals surface area contributed by atoms with Gasteiger partial charge >= 0.3 is 0 Å². The summed E-state index contributed by atoms with van der Waals surface area (Å²) in [4.78, 5) is 0.468. The smallest absolute Gasteiger partial charge is 0.243 e. The maximum Gasteiger partial charge on any atom is 0.243 e. The van der Waals surface area contributed by atoms with Gasteiger partial charge in [-0.15, -0.1) is 12.4 Å². The lowest BCUT2D eigenvalue weighted by atomic mass is 10.1. The van der Waals surface area contributed by atoms with E-state index in [1.54, 1.807) is 10.4 Å². The predicted octanol–water partition coefficient (Wildman–Crippen LogP) is 1.97. The number of fused-ring (bicyclic) bond motifs is 1. The summed E-state index contributed by atoms with van der Waals surface area (Å²) in [6.45, 7) is 1.22. The van der Waals surface area contributed by atoms with Crippen LogP contribution in [0.25, 0.3) is 0 Å². The van der Waals surface area contributed by atoms with E-state index in [1.165, 1.54) is 11.1 Å². The first-order valence-electron chi connectivity index (χ1n) is 7.40. The van der Waals surface area contributed by atoms with Gasteiger partial charge in [-0.3, -0.25) is 0 Å². The summed E-state index contributed by atoms with van der Waals surface area (Å²) in [7, 11) is -1.43. The molecular weight excluding hydrogens is 308 g/mol. The van der Waals surface area contributed by atoms with Gasteiger partial charge in [0.15, 0.2) is 0 Å². The molecule has 1 aromatic rings. The number of halogens is 1. The van der Waals surface area contributed by atoms with E-state index in [1.807, 2.05) is 19.2 Å². The Morgan fingerprint density at radius 1 is 1.19 bits per heavy atom. The van der Waals surface area contributed by atoms with Crippen molar-refractivity contribution in [3.8, 4) is 0 Å². The van der Waals surface area contributed by atoms with Crippen LogP contribution in [0.4, 0.5) is 0 Å². The quantitative estimate of drug-likeness (QED) is 0.921. The van der Waals surface area contributed by atoms with Crippen LogP contribution in [0.3, 0.4) is 0 Å². The Morgan fingerprint density at radius 3 is 2.71 bits per heavy atom. The molecule has 4 nitrogen and oxygen atoms in total. The van der Waals surface area contributed by atoms with E-state index in [9.17, 15) is 8.42 Å². The molecule has 1 aliphatic carbocycles. The summed E-state index contributed by atoms with van der Waals surface area (Å²) in [6.07, 6.45) is 5.21. The lowest BCUT2D eigenvalue weighted by molar-refractivity contribution is 0.293. The summed E-state index contributed by atoms with van der Waals surface area (Å²) < 4.78 is 27.1. The van der Waals surface area contributed by atoms with Crippen molar-refractivity contribution in [1.29, 1.82) is 0 Å². The Bertz CT molecular complexity index is 604. The lowest BCUT2D eigenvalue weighted by Crippen LogP contribution is -2.46. The fraction of sp³-hybridized carbons (Fsp3) is 0.600. The van der Waals surface area contributed by atoms with Crippen molar-refractivity contribution >= 4 is 22.4 Å². The zero-order valence-electron chi connectivity index (χ0n) is 12.3. The maximum absolute atomic E-state index is 12.7. The van der Waals surface area contributed by atoms with Crippen LogP contribution in [-0.4, -0.2) is 38.9 Å². The number of hydrogen-bond acceptors (Lipinski definition) is 3. The second-order valence-corrected chi connectivity index (χ2v) is 7.71. The van der Waals surface area contributed by atoms with E-state index < -0.39 is 10.0 Å². The van der Waals surface area contributed by atoms with Crippen LogP contribution in [0.2, 0.25) is 0 Å². The second kappa shape index (κ2) is 6.65. The van der Waals surface area contributed by atoms with E-state index in [2.05, 4.69) is 5.32 Å². The molecular formula is C15H23ClN2O2S. The number of benzene rings is 1. The van der Waals surface area contributed by atoms with Gasteiger partial charge < -0.3 is 5.32 Å². The summed E-state index contributed by atoms with van der Waals surface area (Å²) in [5, 5.41) is 3.19. The van der Waals surface area contributed by atoms with Crippen LogP contribution >= 0.6 is 12.4 Å². The van der Waals surface area contributed by atoms with E-state index in [4.69, 9.17) is 0 Å². The van der Waals surface area contributed by atoms with E-state index in [0.29, 0.717) is 18.0 Å². The fourth-order valence-corrected chi connectivity index (χ4v) is 4.83. The number of rotatable bonds is 3.